The minimum Gasteiger partial charge on any atom is -0.369 e. The molecule has 0 spiro atoms. The van der Waals surface area contributed by atoms with Gasteiger partial charge in [-0.25, -0.2) is 4.98 Å². The van der Waals surface area contributed by atoms with Crippen LogP contribution in [0.1, 0.15) is 51.4 Å². The Morgan fingerprint density at radius 1 is 1.08 bits per heavy atom. The van der Waals surface area contributed by atoms with Crippen molar-refractivity contribution in [2.75, 3.05) is 29.2 Å². The molecule has 4 rings (SSSR count). The van der Waals surface area contributed by atoms with Crippen LogP contribution in [0.15, 0.2) is 12.3 Å². The average molecular weight is 358 g/mol. The third kappa shape index (κ3) is 3.15. The van der Waals surface area contributed by atoms with Crippen molar-refractivity contribution < 1.29 is 4.79 Å². The molecule has 0 bridgehead atoms. The van der Waals surface area contributed by atoms with E-state index in [1.807, 2.05) is 18.1 Å². The topological polar surface area (TPSA) is 74.5 Å². The third-order valence-electron chi connectivity index (χ3n) is 6.60. The van der Waals surface area contributed by atoms with E-state index in [-0.39, 0.29) is 11.8 Å². The van der Waals surface area contributed by atoms with E-state index in [2.05, 4.69) is 28.3 Å². The molecule has 0 radical (unpaired) electrons. The van der Waals surface area contributed by atoms with Crippen LogP contribution in [0.3, 0.4) is 0 Å². The Hall–Kier alpha value is -1.82. The van der Waals surface area contributed by atoms with Gasteiger partial charge < -0.3 is 20.9 Å². The standard InChI is InChI=1S/C20H31N5O/c1-24-16-6-4-3-5-15(16)20(26)25(2)18-12-22-19(11-17(18)24)23-14-9-7-13(21)8-10-14/h11-16H,3-10,21H2,1-2H3,(H,22,23)/t13-,14+,15?,16?. The molecular weight excluding hydrogens is 326 g/mol. The van der Waals surface area contributed by atoms with Gasteiger partial charge in [0.1, 0.15) is 5.82 Å². The summed E-state index contributed by atoms with van der Waals surface area (Å²) in [4.78, 5) is 21.7. The van der Waals surface area contributed by atoms with Gasteiger partial charge in [-0.1, -0.05) is 12.8 Å². The maximum atomic E-state index is 13.0. The highest BCUT2D eigenvalue weighted by molar-refractivity contribution is 6.00. The lowest BCUT2D eigenvalue weighted by Crippen LogP contribution is -2.44. The van der Waals surface area contributed by atoms with E-state index >= 15 is 0 Å². The summed E-state index contributed by atoms with van der Waals surface area (Å²) in [7, 11) is 4.03. The van der Waals surface area contributed by atoms with Crippen molar-refractivity contribution in [1.29, 1.82) is 0 Å². The fourth-order valence-corrected chi connectivity index (χ4v) is 4.94. The number of anilines is 3. The van der Waals surface area contributed by atoms with Crippen LogP contribution in [0.5, 0.6) is 0 Å². The average Bonchev–Trinajstić information content (AvgIpc) is 2.74. The van der Waals surface area contributed by atoms with E-state index in [0.29, 0.717) is 18.1 Å². The van der Waals surface area contributed by atoms with Gasteiger partial charge in [0, 0.05) is 38.3 Å². The summed E-state index contributed by atoms with van der Waals surface area (Å²) in [6.07, 6.45) is 10.6. The fourth-order valence-electron chi connectivity index (χ4n) is 4.94. The Morgan fingerprint density at radius 2 is 1.81 bits per heavy atom. The second-order valence-corrected chi connectivity index (χ2v) is 8.28. The molecule has 6 nitrogen and oxygen atoms in total. The normalized spacial score (nSPS) is 31.9. The van der Waals surface area contributed by atoms with Crippen LogP contribution >= 0.6 is 0 Å². The second kappa shape index (κ2) is 7.06. The number of aromatic nitrogens is 1. The number of amides is 1. The van der Waals surface area contributed by atoms with Crippen LogP contribution < -0.4 is 20.9 Å². The molecule has 1 aromatic rings. The molecule has 2 aliphatic carbocycles. The molecule has 6 heteroatoms. The second-order valence-electron chi connectivity index (χ2n) is 8.28. The highest BCUT2D eigenvalue weighted by Crippen LogP contribution is 2.41. The molecule has 2 fully saturated rings. The van der Waals surface area contributed by atoms with E-state index in [4.69, 9.17) is 5.73 Å². The number of carbonyl (C=O) groups is 1. The maximum absolute atomic E-state index is 13.0. The van der Waals surface area contributed by atoms with Gasteiger partial charge in [-0.2, -0.15) is 0 Å². The Bertz CT molecular complexity index is 670. The van der Waals surface area contributed by atoms with Crippen molar-refractivity contribution in [3.8, 4) is 0 Å². The molecule has 1 aromatic heterocycles. The lowest BCUT2D eigenvalue weighted by atomic mass is 9.83. The number of carbonyl (C=O) groups excluding carboxylic acids is 1. The van der Waals surface area contributed by atoms with E-state index in [1.54, 1.807) is 0 Å². The van der Waals surface area contributed by atoms with E-state index in [9.17, 15) is 4.79 Å². The molecule has 26 heavy (non-hydrogen) atoms. The van der Waals surface area contributed by atoms with Gasteiger partial charge in [-0.15, -0.1) is 0 Å². The molecule has 2 heterocycles. The monoisotopic (exact) mass is 357 g/mol. The zero-order valence-corrected chi connectivity index (χ0v) is 15.9. The Morgan fingerprint density at radius 3 is 2.58 bits per heavy atom. The van der Waals surface area contributed by atoms with Crippen LogP contribution in [0.2, 0.25) is 0 Å². The predicted octanol–water partition coefficient (Wildman–Crippen LogP) is 2.73. The Balaban J connectivity index is 1.60. The third-order valence-corrected chi connectivity index (χ3v) is 6.60. The van der Waals surface area contributed by atoms with E-state index < -0.39 is 0 Å². The fraction of sp³-hybridized carbons (Fsp3) is 0.700. The van der Waals surface area contributed by atoms with Crippen molar-refractivity contribution in [2.24, 2.45) is 11.7 Å². The molecule has 1 aliphatic heterocycles. The number of nitrogens with one attached hydrogen (secondary N) is 1. The van der Waals surface area contributed by atoms with Gasteiger partial charge in [-0.3, -0.25) is 4.79 Å². The predicted molar refractivity (Wildman–Crippen MR) is 106 cm³/mol. The van der Waals surface area contributed by atoms with Crippen molar-refractivity contribution in [2.45, 2.75) is 69.5 Å². The molecule has 2 atom stereocenters. The quantitative estimate of drug-likeness (QED) is 0.851. The number of pyridine rings is 1. The zero-order valence-electron chi connectivity index (χ0n) is 15.9. The van der Waals surface area contributed by atoms with E-state index in [1.165, 1.54) is 6.42 Å². The first-order chi connectivity index (χ1) is 12.5. The molecular formula is C20H31N5O. The molecule has 3 aliphatic rings. The summed E-state index contributed by atoms with van der Waals surface area (Å²) < 4.78 is 0. The number of rotatable bonds is 2. The lowest BCUT2D eigenvalue weighted by molar-refractivity contribution is -0.123. The number of hydrogen-bond donors (Lipinski definition) is 2. The van der Waals surface area contributed by atoms with Crippen molar-refractivity contribution in [3.05, 3.63) is 12.3 Å². The molecule has 2 unspecified atom stereocenters. The van der Waals surface area contributed by atoms with Gasteiger partial charge in [0.15, 0.2) is 0 Å². The highest BCUT2D eigenvalue weighted by Gasteiger charge is 2.39. The zero-order chi connectivity index (χ0) is 18.3. The van der Waals surface area contributed by atoms with Crippen LogP contribution in [0.25, 0.3) is 0 Å². The van der Waals surface area contributed by atoms with Crippen LogP contribution in [-0.4, -0.2) is 43.1 Å². The summed E-state index contributed by atoms with van der Waals surface area (Å²) in [6, 6.07) is 3.22. The number of hydrogen-bond acceptors (Lipinski definition) is 5. The summed E-state index contributed by atoms with van der Waals surface area (Å²) >= 11 is 0. The van der Waals surface area contributed by atoms with Gasteiger partial charge in [0.25, 0.3) is 0 Å². The largest absolute Gasteiger partial charge is 0.369 e. The van der Waals surface area contributed by atoms with Crippen LogP contribution in [-0.2, 0) is 4.79 Å². The molecule has 3 N–H and O–H groups in total. The molecule has 142 valence electrons. The van der Waals surface area contributed by atoms with Gasteiger partial charge in [-0.05, 0) is 38.5 Å². The van der Waals surface area contributed by atoms with Gasteiger partial charge in [0.05, 0.1) is 23.5 Å². The first kappa shape index (κ1) is 17.6. The summed E-state index contributed by atoms with van der Waals surface area (Å²) in [6.45, 7) is 0. The van der Waals surface area contributed by atoms with Crippen LogP contribution in [0, 0.1) is 5.92 Å². The van der Waals surface area contributed by atoms with Crippen molar-refractivity contribution in [3.63, 3.8) is 0 Å². The number of nitrogens with zero attached hydrogens (tertiary/aromatic N) is 3. The van der Waals surface area contributed by atoms with Crippen molar-refractivity contribution >= 4 is 23.1 Å². The Kier molecular flexibility index (Phi) is 4.78. The minimum atomic E-state index is 0.0994. The minimum absolute atomic E-state index is 0.0994. The highest BCUT2D eigenvalue weighted by atomic mass is 16.2. The first-order valence-electron chi connectivity index (χ1n) is 10.1. The first-order valence-corrected chi connectivity index (χ1v) is 10.1. The van der Waals surface area contributed by atoms with Crippen molar-refractivity contribution in [1.82, 2.24) is 4.98 Å². The lowest BCUT2D eigenvalue weighted by Gasteiger charge is -2.36. The van der Waals surface area contributed by atoms with E-state index in [0.717, 1.165) is 62.1 Å². The van der Waals surface area contributed by atoms with Gasteiger partial charge >= 0.3 is 0 Å². The molecule has 2 saturated carbocycles. The number of nitrogens with two attached hydrogens (primary N) is 1. The van der Waals surface area contributed by atoms with Gasteiger partial charge in [0.2, 0.25) is 5.91 Å². The SMILES string of the molecule is CN1C(=O)C2CCCCC2N(C)c2cc(N[C@H]3CC[C@@H](N)CC3)ncc21. The Labute approximate surface area is 156 Å². The van der Waals surface area contributed by atoms with Crippen LogP contribution in [0.4, 0.5) is 17.2 Å². The molecule has 1 amide bonds. The maximum Gasteiger partial charge on any atom is 0.232 e. The number of fused-ring (bicyclic) bond motifs is 2. The summed E-state index contributed by atoms with van der Waals surface area (Å²) in [5.74, 6) is 1.25. The summed E-state index contributed by atoms with van der Waals surface area (Å²) in [5, 5.41) is 3.59. The summed E-state index contributed by atoms with van der Waals surface area (Å²) in [5.41, 5.74) is 8.05. The molecule has 0 aromatic carbocycles. The smallest absolute Gasteiger partial charge is 0.232 e. The molecule has 0 saturated heterocycles.